The quantitative estimate of drug-likeness (QED) is 0.553. The summed E-state index contributed by atoms with van der Waals surface area (Å²) in [6.45, 7) is 4.68. The third-order valence-corrected chi connectivity index (χ3v) is 4.80. The number of rotatable bonds is 4. The molecule has 0 amide bonds. The van der Waals surface area contributed by atoms with Crippen LogP contribution in [0.2, 0.25) is 0 Å². The van der Waals surface area contributed by atoms with Gasteiger partial charge >= 0.3 is 0 Å². The van der Waals surface area contributed by atoms with E-state index in [0.717, 1.165) is 23.7 Å². The molecular weight excluding hydrogens is 184 g/mol. The normalized spacial score (nSPS) is 42.6. The lowest BCUT2D eigenvalue weighted by molar-refractivity contribution is 0.201. The highest BCUT2D eigenvalue weighted by molar-refractivity contribution is 4.95. The summed E-state index contributed by atoms with van der Waals surface area (Å²) in [6, 6.07) is 0.609. The highest BCUT2D eigenvalue weighted by Crippen LogP contribution is 2.45. The molecule has 0 saturated heterocycles. The Labute approximate surface area is 94.0 Å². The second-order valence-electron chi connectivity index (χ2n) is 5.76. The molecule has 2 heteroatoms. The first-order valence-corrected chi connectivity index (χ1v) is 6.72. The minimum atomic E-state index is 0.609. The lowest BCUT2D eigenvalue weighted by Crippen LogP contribution is -2.44. The average Bonchev–Trinajstić information content (AvgIpc) is 2.98. The molecule has 15 heavy (non-hydrogen) atoms. The smallest absolute Gasteiger partial charge is 0.0269 e. The third-order valence-electron chi connectivity index (χ3n) is 4.80. The van der Waals surface area contributed by atoms with Gasteiger partial charge in [-0.1, -0.05) is 33.1 Å². The first-order valence-electron chi connectivity index (χ1n) is 6.72. The second-order valence-corrected chi connectivity index (χ2v) is 5.76. The minimum absolute atomic E-state index is 0.609. The maximum absolute atomic E-state index is 5.72. The van der Waals surface area contributed by atoms with Crippen molar-refractivity contribution in [2.45, 2.75) is 58.4 Å². The molecule has 2 aliphatic rings. The van der Waals surface area contributed by atoms with Crippen molar-refractivity contribution < 1.29 is 0 Å². The van der Waals surface area contributed by atoms with Crippen LogP contribution in [-0.4, -0.2) is 6.04 Å². The van der Waals surface area contributed by atoms with Crippen molar-refractivity contribution in [3.63, 3.8) is 0 Å². The summed E-state index contributed by atoms with van der Waals surface area (Å²) in [5, 5.41) is 0. The maximum atomic E-state index is 5.72. The van der Waals surface area contributed by atoms with Gasteiger partial charge in [0, 0.05) is 6.04 Å². The fourth-order valence-corrected chi connectivity index (χ4v) is 3.42. The van der Waals surface area contributed by atoms with Crippen molar-refractivity contribution >= 4 is 0 Å². The summed E-state index contributed by atoms with van der Waals surface area (Å²) in [5.41, 5.74) is 3.10. The molecule has 2 fully saturated rings. The van der Waals surface area contributed by atoms with Gasteiger partial charge < -0.3 is 0 Å². The SMILES string of the molecule is CCC1CCC(C(NN)C2CC2C)CC1. The van der Waals surface area contributed by atoms with Gasteiger partial charge in [-0.3, -0.25) is 11.3 Å². The maximum Gasteiger partial charge on any atom is 0.0269 e. The largest absolute Gasteiger partial charge is 0.271 e. The lowest BCUT2D eigenvalue weighted by Gasteiger charge is -2.33. The summed E-state index contributed by atoms with van der Waals surface area (Å²) in [4.78, 5) is 0. The fourth-order valence-electron chi connectivity index (χ4n) is 3.42. The van der Waals surface area contributed by atoms with Crippen molar-refractivity contribution in [3.05, 3.63) is 0 Å². The molecule has 0 aromatic rings. The van der Waals surface area contributed by atoms with Crippen LogP contribution in [0, 0.1) is 23.7 Å². The van der Waals surface area contributed by atoms with Gasteiger partial charge in [-0.2, -0.15) is 0 Å². The van der Waals surface area contributed by atoms with Crippen molar-refractivity contribution in [1.82, 2.24) is 5.43 Å². The molecule has 2 saturated carbocycles. The van der Waals surface area contributed by atoms with Crippen LogP contribution < -0.4 is 11.3 Å². The van der Waals surface area contributed by atoms with Crippen LogP contribution in [0.5, 0.6) is 0 Å². The lowest BCUT2D eigenvalue weighted by atomic mass is 9.76. The van der Waals surface area contributed by atoms with E-state index in [1.54, 1.807) is 0 Å². The van der Waals surface area contributed by atoms with Crippen LogP contribution in [0.15, 0.2) is 0 Å². The standard InChI is InChI=1S/C13H26N2/c1-3-10-4-6-11(7-5-10)13(15-14)12-8-9(12)2/h9-13,15H,3-8,14H2,1-2H3. The molecule has 2 aliphatic carbocycles. The third kappa shape index (κ3) is 2.54. The predicted molar refractivity (Wildman–Crippen MR) is 64.1 cm³/mol. The summed E-state index contributed by atoms with van der Waals surface area (Å²) in [5.74, 6) is 9.36. The molecule has 88 valence electrons. The van der Waals surface area contributed by atoms with E-state index >= 15 is 0 Å². The van der Waals surface area contributed by atoms with E-state index in [0.29, 0.717) is 6.04 Å². The summed E-state index contributed by atoms with van der Waals surface area (Å²) >= 11 is 0. The predicted octanol–water partition coefficient (Wildman–Crippen LogP) is 2.69. The molecule has 0 aromatic carbocycles. The van der Waals surface area contributed by atoms with E-state index in [4.69, 9.17) is 5.84 Å². The number of nitrogens with two attached hydrogens (primary N) is 1. The zero-order valence-electron chi connectivity index (χ0n) is 10.2. The van der Waals surface area contributed by atoms with Crippen molar-refractivity contribution in [2.75, 3.05) is 0 Å². The molecule has 0 aromatic heterocycles. The Balaban J connectivity index is 1.82. The van der Waals surface area contributed by atoms with Crippen LogP contribution in [0.4, 0.5) is 0 Å². The molecule has 0 heterocycles. The van der Waals surface area contributed by atoms with Crippen LogP contribution in [0.3, 0.4) is 0 Å². The van der Waals surface area contributed by atoms with E-state index in [9.17, 15) is 0 Å². The average molecular weight is 210 g/mol. The number of hydrogen-bond donors (Lipinski definition) is 2. The van der Waals surface area contributed by atoms with Gasteiger partial charge in [0.05, 0.1) is 0 Å². The van der Waals surface area contributed by atoms with Gasteiger partial charge in [0.2, 0.25) is 0 Å². The zero-order chi connectivity index (χ0) is 10.8. The number of nitrogens with one attached hydrogen (secondary N) is 1. The molecule has 0 bridgehead atoms. The van der Waals surface area contributed by atoms with Crippen molar-refractivity contribution in [1.29, 1.82) is 0 Å². The molecule has 0 radical (unpaired) electrons. The molecule has 2 nitrogen and oxygen atoms in total. The van der Waals surface area contributed by atoms with Gasteiger partial charge in [0.25, 0.3) is 0 Å². The second kappa shape index (κ2) is 4.84. The van der Waals surface area contributed by atoms with Crippen LogP contribution >= 0.6 is 0 Å². The molecule has 3 unspecified atom stereocenters. The molecule has 0 spiro atoms. The summed E-state index contributed by atoms with van der Waals surface area (Å²) in [6.07, 6.45) is 8.42. The Morgan fingerprint density at radius 1 is 1.27 bits per heavy atom. The van der Waals surface area contributed by atoms with E-state index < -0.39 is 0 Å². The molecule has 2 rings (SSSR count). The van der Waals surface area contributed by atoms with Gasteiger partial charge in [0.15, 0.2) is 0 Å². The van der Waals surface area contributed by atoms with E-state index in [1.165, 1.54) is 38.5 Å². The Hall–Kier alpha value is -0.0800. The molecule has 3 atom stereocenters. The number of hydrogen-bond acceptors (Lipinski definition) is 2. The monoisotopic (exact) mass is 210 g/mol. The highest BCUT2D eigenvalue weighted by atomic mass is 15.2. The van der Waals surface area contributed by atoms with E-state index in [2.05, 4.69) is 19.3 Å². The first-order chi connectivity index (χ1) is 7.26. The van der Waals surface area contributed by atoms with Crippen LogP contribution in [0.25, 0.3) is 0 Å². The zero-order valence-corrected chi connectivity index (χ0v) is 10.2. The Morgan fingerprint density at radius 2 is 1.87 bits per heavy atom. The van der Waals surface area contributed by atoms with E-state index in [-0.39, 0.29) is 0 Å². The molecule has 0 aliphatic heterocycles. The Morgan fingerprint density at radius 3 is 2.27 bits per heavy atom. The summed E-state index contributed by atoms with van der Waals surface area (Å²) in [7, 11) is 0. The Bertz CT molecular complexity index is 197. The van der Waals surface area contributed by atoms with Crippen LogP contribution in [0.1, 0.15) is 52.4 Å². The van der Waals surface area contributed by atoms with Crippen molar-refractivity contribution in [3.8, 4) is 0 Å². The Kier molecular flexibility index (Phi) is 3.68. The van der Waals surface area contributed by atoms with Crippen LogP contribution in [-0.2, 0) is 0 Å². The van der Waals surface area contributed by atoms with Crippen molar-refractivity contribution in [2.24, 2.45) is 29.5 Å². The summed E-state index contributed by atoms with van der Waals surface area (Å²) < 4.78 is 0. The molecular formula is C13H26N2. The van der Waals surface area contributed by atoms with Gasteiger partial charge in [-0.05, 0) is 42.9 Å². The van der Waals surface area contributed by atoms with Gasteiger partial charge in [0.1, 0.15) is 0 Å². The topological polar surface area (TPSA) is 38.0 Å². The number of hydrazine groups is 1. The molecule has 3 N–H and O–H groups in total. The first kappa shape index (κ1) is 11.4. The van der Waals surface area contributed by atoms with Gasteiger partial charge in [-0.15, -0.1) is 0 Å². The fraction of sp³-hybridized carbons (Fsp3) is 1.00. The minimum Gasteiger partial charge on any atom is -0.271 e. The highest BCUT2D eigenvalue weighted by Gasteiger charge is 2.42. The van der Waals surface area contributed by atoms with Gasteiger partial charge in [-0.25, -0.2) is 0 Å². The van der Waals surface area contributed by atoms with E-state index in [1.807, 2.05) is 0 Å².